The lowest BCUT2D eigenvalue weighted by molar-refractivity contribution is -0.384. The monoisotopic (exact) mass is 367 g/mol. The van der Waals surface area contributed by atoms with Crippen LogP contribution in [-0.2, 0) is 9.53 Å². The molecule has 0 N–H and O–H groups in total. The van der Waals surface area contributed by atoms with Crippen LogP contribution in [0.15, 0.2) is 60.7 Å². The van der Waals surface area contributed by atoms with Gasteiger partial charge in [-0.25, -0.2) is 4.79 Å². The molecule has 0 aromatic heterocycles. The summed E-state index contributed by atoms with van der Waals surface area (Å²) in [4.78, 5) is 34.6. The van der Waals surface area contributed by atoms with Crippen molar-refractivity contribution in [3.8, 4) is 5.75 Å². The number of non-ortho nitro benzene ring substituents is 1. The van der Waals surface area contributed by atoms with Gasteiger partial charge in [-0.2, -0.15) is 0 Å². The summed E-state index contributed by atoms with van der Waals surface area (Å²) in [7, 11) is 1.54. The number of carbonyl (C=O) groups is 2. The minimum absolute atomic E-state index is 0.0436. The average molecular weight is 367 g/mol. The maximum absolute atomic E-state index is 12.7. The molecule has 1 aliphatic heterocycles. The third-order valence-electron chi connectivity index (χ3n) is 4.42. The minimum atomic E-state index is -0.596. The van der Waals surface area contributed by atoms with Crippen molar-refractivity contribution >= 4 is 17.4 Å². The molecule has 0 unspecified atom stereocenters. The molecule has 0 radical (unpaired) electrons. The summed E-state index contributed by atoms with van der Waals surface area (Å²) in [6.07, 6.45) is 2.42. The molecule has 0 spiro atoms. The minimum Gasteiger partial charge on any atom is -0.497 e. The number of nitro benzene ring substituents is 1. The van der Waals surface area contributed by atoms with Crippen LogP contribution in [0.1, 0.15) is 28.3 Å². The van der Waals surface area contributed by atoms with Gasteiger partial charge in [0.25, 0.3) is 5.69 Å². The molecule has 1 aliphatic rings. The van der Waals surface area contributed by atoms with E-state index in [2.05, 4.69) is 0 Å². The lowest BCUT2D eigenvalue weighted by Crippen LogP contribution is -2.22. The van der Waals surface area contributed by atoms with E-state index >= 15 is 0 Å². The summed E-state index contributed by atoms with van der Waals surface area (Å²) >= 11 is 0. The van der Waals surface area contributed by atoms with Gasteiger partial charge >= 0.3 is 5.97 Å². The zero-order chi connectivity index (χ0) is 19.4. The highest BCUT2D eigenvalue weighted by atomic mass is 16.6. The van der Waals surface area contributed by atoms with E-state index in [9.17, 15) is 19.7 Å². The zero-order valence-electron chi connectivity index (χ0n) is 14.5. The molecule has 138 valence electrons. The molecular formula is C20H17NO6. The molecule has 1 heterocycles. The summed E-state index contributed by atoms with van der Waals surface area (Å²) < 4.78 is 10.4. The Hall–Kier alpha value is -3.48. The second-order valence-corrected chi connectivity index (χ2v) is 6.07. The third-order valence-corrected chi connectivity index (χ3v) is 4.42. The van der Waals surface area contributed by atoms with Gasteiger partial charge in [0.2, 0.25) is 0 Å². The molecule has 0 saturated carbocycles. The molecule has 7 nitrogen and oxygen atoms in total. The van der Waals surface area contributed by atoms with Crippen LogP contribution in [0.25, 0.3) is 0 Å². The predicted octanol–water partition coefficient (Wildman–Crippen LogP) is 3.44. The van der Waals surface area contributed by atoms with Gasteiger partial charge in [-0.05, 0) is 35.9 Å². The molecule has 0 aliphatic carbocycles. The van der Waals surface area contributed by atoms with E-state index in [0.29, 0.717) is 16.9 Å². The highest BCUT2D eigenvalue weighted by Gasteiger charge is 2.30. The first-order chi connectivity index (χ1) is 13.0. The average Bonchev–Trinajstić information content (AvgIpc) is 3.12. The Bertz CT molecular complexity index is 886. The van der Waals surface area contributed by atoms with E-state index in [4.69, 9.17) is 9.47 Å². The van der Waals surface area contributed by atoms with E-state index in [-0.39, 0.29) is 17.9 Å². The van der Waals surface area contributed by atoms with Crippen LogP contribution in [0.4, 0.5) is 5.69 Å². The van der Waals surface area contributed by atoms with Crippen molar-refractivity contribution < 1.29 is 24.0 Å². The van der Waals surface area contributed by atoms with E-state index < -0.39 is 22.9 Å². The number of Topliss-reactive ketones (excluding diaryl/α,β-unsaturated/α-hetero) is 1. The number of ketones is 1. The number of esters is 1. The maximum Gasteiger partial charge on any atom is 0.331 e. The number of carbonyl (C=O) groups excluding carboxylic acids is 2. The summed E-state index contributed by atoms with van der Waals surface area (Å²) in [6, 6.07) is 12.7. The van der Waals surface area contributed by atoms with Gasteiger partial charge in [0.1, 0.15) is 11.9 Å². The molecule has 27 heavy (non-hydrogen) atoms. The Morgan fingerprint density at radius 1 is 1.19 bits per heavy atom. The Kier molecular flexibility index (Phi) is 5.30. The number of hydrogen-bond acceptors (Lipinski definition) is 6. The van der Waals surface area contributed by atoms with E-state index in [0.717, 1.165) is 0 Å². The fourth-order valence-electron chi connectivity index (χ4n) is 2.96. The number of hydrogen-bond donors (Lipinski definition) is 0. The first-order valence-corrected chi connectivity index (χ1v) is 8.28. The van der Waals surface area contributed by atoms with Gasteiger partial charge in [-0.3, -0.25) is 14.9 Å². The first kappa shape index (κ1) is 18.3. The van der Waals surface area contributed by atoms with Crippen LogP contribution in [0.2, 0.25) is 0 Å². The highest BCUT2D eigenvalue weighted by molar-refractivity contribution is 5.97. The lowest BCUT2D eigenvalue weighted by Gasteiger charge is -2.22. The second-order valence-electron chi connectivity index (χ2n) is 6.07. The van der Waals surface area contributed by atoms with Crippen LogP contribution in [0, 0.1) is 10.1 Å². The summed E-state index contributed by atoms with van der Waals surface area (Å²) in [5, 5.41) is 10.9. The molecule has 0 bridgehead atoms. The molecular weight excluding hydrogens is 350 g/mol. The maximum atomic E-state index is 12.7. The predicted molar refractivity (Wildman–Crippen MR) is 96.8 cm³/mol. The SMILES string of the molecule is COc1ccc(C(=O)C[C@H](c2ccc([N+](=O)[O-])cc2)[C@@H]2C=CC(=O)O2)cc1. The van der Waals surface area contributed by atoms with Gasteiger partial charge in [0.05, 0.1) is 12.0 Å². The number of rotatable bonds is 7. The van der Waals surface area contributed by atoms with Crippen molar-refractivity contribution in [3.05, 3.63) is 81.9 Å². The zero-order valence-corrected chi connectivity index (χ0v) is 14.5. The van der Waals surface area contributed by atoms with Gasteiger partial charge in [-0.1, -0.05) is 12.1 Å². The first-order valence-electron chi connectivity index (χ1n) is 8.28. The van der Waals surface area contributed by atoms with Crippen molar-refractivity contribution in [3.63, 3.8) is 0 Å². The van der Waals surface area contributed by atoms with Crippen LogP contribution < -0.4 is 4.74 Å². The Morgan fingerprint density at radius 2 is 1.85 bits per heavy atom. The largest absolute Gasteiger partial charge is 0.497 e. The molecule has 2 aromatic rings. The molecule has 0 amide bonds. The van der Waals surface area contributed by atoms with Gasteiger partial charge in [0.15, 0.2) is 5.78 Å². The normalized spacial score (nSPS) is 16.6. The fraction of sp³-hybridized carbons (Fsp3) is 0.200. The van der Waals surface area contributed by atoms with Gasteiger partial charge < -0.3 is 9.47 Å². The molecule has 0 saturated heterocycles. The van der Waals surface area contributed by atoms with Crippen LogP contribution in [-0.4, -0.2) is 29.9 Å². The lowest BCUT2D eigenvalue weighted by atomic mass is 9.87. The van der Waals surface area contributed by atoms with Crippen molar-refractivity contribution in [1.82, 2.24) is 0 Å². The number of methoxy groups -OCH3 is 1. The van der Waals surface area contributed by atoms with Crippen LogP contribution in [0.3, 0.4) is 0 Å². The molecule has 3 rings (SSSR count). The summed E-state index contributed by atoms with van der Waals surface area (Å²) in [5.74, 6) is -0.393. The number of nitrogens with zero attached hydrogens (tertiary/aromatic N) is 1. The number of ether oxygens (including phenoxy) is 2. The van der Waals surface area contributed by atoms with Gasteiger partial charge in [0, 0.05) is 36.1 Å². The Labute approximate surface area is 155 Å². The van der Waals surface area contributed by atoms with Crippen LogP contribution in [0.5, 0.6) is 5.75 Å². The molecule has 2 aromatic carbocycles. The van der Waals surface area contributed by atoms with E-state index in [1.807, 2.05) is 0 Å². The Morgan fingerprint density at radius 3 is 2.37 bits per heavy atom. The number of benzene rings is 2. The van der Waals surface area contributed by atoms with Crippen molar-refractivity contribution in [2.24, 2.45) is 0 Å². The summed E-state index contributed by atoms with van der Waals surface area (Å²) in [5.41, 5.74) is 1.15. The van der Waals surface area contributed by atoms with Crippen molar-refractivity contribution in [2.75, 3.05) is 7.11 Å². The van der Waals surface area contributed by atoms with Crippen LogP contribution >= 0.6 is 0 Å². The second kappa shape index (κ2) is 7.82. The quantitative estimate of drug-likeness (QED) is 0.322. The molecule has 2 atom stereocenters. The smallest absolute Gasteiger partial charge is 0.331 e. The number of cyclic esters (lactones) is 1. The molecule has 7 heteroatoms. The fourth-order valence-corrected chi connectivity index (χ4v) is 2.96. The Balaban J connectivity index is 1.85. The highest BCUT2D eigenvalue weighted by Crippen LogP contribution is 2.31. The van der Waals surface area contributed by atoms with Crippen molar-refractivity contribution in [2.45, 2.75) is 18.4 Å². The standard InChI is InChI=1S/C20H17NO6/c1-26-16-8-4-14(5-9-16)18(22)12-17(19-10-11-20(23)27-19)13-2-6-15(7-3-13)21(24)25/h2-11,17,19H,12H2,1H3/t17-,19+/m1/s1. The van der Waals surface area contributed by atoms with E-state index in [1.54, 1.807) is 49.6 Å². The summed E-state index contributed by atoms with van der Waals surface area (Å²) in [6.45, 7) is 0. The third kappa shape index (κ3) is 4.20. The van der Waals surface area contributed by atoms with Gasteiger partial charge in [-0.15, -0.1) is 0 Å². The van der Waals surface area contributed by atoms with Crippen molar-refractivity contribution in [1.29, 1.82) is 0 Å². The molecule has 0 fully saturated rings. The van der Waals surface area contributed by atoms with E-state index in [1.165, 1.54) is 18.2 Å². The topological polar surface area (TPSA) is 95.7 Å². The number of nitro groups is 1.